The Morgan fingerprint density at radius 1 is 0.558 bits per heavy atom. The van der Waals surface area contributed by atoms with Crippen LogP contribution in [0.5, 0.6) is 0 Å². The van der Waals surface area contributed by atoms with Crippen LogP contribution in [0.3, 0.4) is 0 Å². The van der Waals surface area contributed by atoms with Gasteiger partial charge in [-0.15, -0.1) is 0 Å². The van der Waals surface area contributed by atoms with Crippen molar-refractivity contribution in [2.45, 2.75) is 124 Å². The summed E-state index contributed by atoms with van der Waals surface area (Å²) in [5.41, 5.74) is 0. The molecule has 0 radical (unpaired) electrons. The summed E-state index contributed by atoms with van der Waals surface area (Å²) in [6.45, 7) is -0.558. The van der Waals surface area contributed by atoms with Crippen molar-refractivity contribution in [1.29, 1.82) is 0 Å². The standard InChI is InChI=1S/C24H42O19/c1-6-10(27)14(31)15(32)22(38-6)43-20-13(30)9(5-37-21(20)35)41-23-17(34)19(12(29)8(4-26)39-23)42-24-16(33)18(36-2)11(28)7(3-25)40-24/h6-35H,3-5H2,1-2H3/t6-,7-,8-,9-,10-,11-,12-,13+,14+,15-,16-,17-,18+,19+,20-,21?,22+,23+,24+/m1/s1. The van der Waals surface area contributed by atoms with E-state index in [0.717, 1.165) is 0 Å². The molecule has 19 nitrogen and oxygen atoms in total. The van der Waals surface area contributed by atoms with Gasteiger partial charge >= 0.3 is 0 Å². The molecule has 0 amide bonds. The summed E-state index contributed by atoms with van der Waals surface area (Å²) < 4.78 is 43.4. The topological polar surface area (TPSA) is 296 Å². The third kappa shape index (κ3) is 7.15. The number of aliphatic hydroxyl groups is 11. The van der Waals surface area contributed by atoms with Crippen molar-refractivity contribution in [3.05, 3.63) is 0 Å². The first-order chi connectivity index (χ1) is 20.3. The van der Waals surface area contributed by atoms with E-state index in [9.17, 15) is 56.2 Å². The molecule has 1 unspecified atom stereocenters. The number of hydrogen-bond acceptors (Lipinski definition) is 19. The lowest BCUT2D eigenvalue weighted by Crippen LogP contribution is -2.66. The molecule has 4 aliphatic rings. The lowest BCUT2D eigenvalue weighted by atomic mass is 9.96. The van der Waals surface area contributed by atoms with E-state index in [4.69, 9.17) is 37.9 Å². The fourth-order valence-corrected chi connectivity index (χ4v) is 5.41. The zero-order valence-electron chi connectivity index (χ0n) is 23.3. The van der Waals surface area contributed by atoms with Crippen LogP contribution in [0.1, 0.15) is 6.92 Å². The first-order valence-corrected chi connectivity index (χ1v) is 13.8. The van der Waals surface area contributed by atoms with Crippen LogP contribution < -0.4 is 0 Å². The molecule has 19 atom stereocenters. The van der Waals surface area contributed by atoms with Crippen LogP contribution >= 0.6 is 0 Å². The maximum atomic E-state index is 11.0. The van der Waals surface area contributed by atoms with Gasteiger partial charge in [0.2, 0.25) is 0 Å². The van der Waals surface area contributed by atoms with Gasteiger partial charge in [0, 0.05) is 7.11 Å². The second kappa shape index (κ2) is 14.8. The molecule has 4 heterocycles. The first-order valence-electron chi connectivity index (χ1n) is 13.8. The van der Waals surface area contributed by atoms with Crippen molar-refractivity contribution in [2.75, 3.05) is 26.9 Å². The molecule has 19 heteroatoms. The molecule has 252 valence electrons. The maximum Gasteiger partial charge on any atom is 0.187 e. The van der Waals surface area contributed by atoms with E-state index in [1.54, 1.807) is 0 Å². The molecule has 0 saturated carbocycles. The molecule has 0 aromatic rings. The van der Waals surface area contributed by atoms with Crippen LogP contribution in [0.4, 0.5) is 0 Å². The largest absolute Gasteiger partial charge is 0.394 e. The Morgan fingerprint density at radius 3 is 1.65 bits per heavy atom. The summed E-state index contributed by atoms with van der Waals surface area (Å²) in [6, 6.07) is 0. The fourth-order valence-electron chi connectivity index (χ4n) is 5.41. The minimum atomic E-state index is -1.87. The molecule has 11 N–H and O–H groups in total. The maximum absolute atomic E-state index is 11.0. The molecule has 43 heavy (non-hydrogen) atoms. The predicted octanol–water partition coefficient (Wildman–Crippen LogP) is -7.43. The first kappa shape index (κ1) is 35.1. The number of ether oxygens (including phenoxy) is 8. The molecule has 4 saturated heterocycles. The van der Waals surface area contributed by atoms with E-state index in [-0.39, 0.29) is 0 Å². The molecule has 4 fully saturated rings. The number of methoxy groups -OCH3 is 1. The van der Waals surface area contributed by atoms with Crippen molar-refractivity contribution in [2.24, 2.45) is 0 Å². The van der Waals surface area contributed by atoms with Crippen LogP contribution in [-0.2, 0) is 37.9 Å². The van der Waals surface area contributed by atoms with Crippen LogP contribution in [-0.4, -0.2) is 200 Å². The van der Waals surface area contributed by atoms with E-state index in [2.05, 4.69) is 0 Å². The van der Waals surface area contributed by atoms with Crippen LogP contribution in [0.15, 0.2) is 0 Å². The van der Waals surface area contributed by atoms with E-state index in [0.29, 0.717) is 0 Å². The second-order valence-electron chi connectivity index (χ2n) is 10.9. The Balaban J connectivity index is 1.46. The summed E-state index contributed by atoms with van der Waals surface area (Å²) in [4.78, 5) is 0. The third-order valence-electron chi connectivity index (χ3n) is 8.05. The lowest BCUT2D eigenvalue weighted by molar-refractivity contribution is -0.382. The number of aliphatic hydroxyl groups excluding tert-OH is 11. The molecule has 0 aliphatic carbocycles. The Labute approximate surface area is 245 Å². The van der Waals surface area contributed by atoms with E-state index in [1.165, 1.54) is 14.0 Å². The van der Waals surface area contributed by atoms with Crippen molar-refractivity contribution in [3.8, 4) is 0 Å². The van der Waals surface area contributed by atoms with Gasteiger partial charge in [-0.05, 0) is 6.92 Å². The molecule has 0 aromatic heterocycles. The average Bonchev–Trinajstić information content (AvgIpc) is 2.98. The zero-order chi connectivity index (χ0) is 31.7. The van der Waals surface area contributed by atoms with Gasteiger partial charge in [-0.2, -0.15) is 0 Å². The number of rotatable bonds is 9. The highest BCUT2D eigenvalue weighted by Crippen LogP contribution is 2.33. The quantitative estimate of drug-likeness (QED) is 0.112. The Morgan fingerprint density at radius 2 is 1.07 bits per heavy atom. The highest BCUT2D eigenvalue weighted by molar-refractivity contribution is 4.96. The van der Waals surface area contributed by atoms with Crippen LogP contribution in [0.25, 0.3) is 0 Å². The minimum Gasteiger partial charge on any atom is -0.394 e. The van der Waals surface area contributed by atoms with Crippen molar-refractivity contribution < 1.29 is 94.1 Å². The summed E-state index contributed by atoms with van der Waals surface area (Å²) in [6.07, 6.45) is -29.6. The summed E-state index contributed by atoms with van der Waals surface area (Å²) in [5.74, 6) is 0. The Bertz CT molecular complexity index is 870. The predicted molar refractivity (Wildman–Crippen MR) is 131 cm³/mol. The van der Waals surface area contributed by atoms with Crippen LogP contribution in [0, 0.1) is 0 Å². The number of hydrogen-bond donors (Lipinski definition) is 11. The van der Waals surface area contributed by atoms with Gasteiger partial charge in [-0.3, -0.25) is 0 Å². The molecular weight excluding hydrogens is 592 g/mol. The van der Waals surface area contributed by atoms with Crippen LogP contribution in [0.2, 0.25) is 0 Å². The second-order valence-corrected chi connectivity index (χ2v) is 10.9. The summed E-state index contributed by atoms with van der Waals surface area (Å²) in [7, 11) is 1.19. The van der Waals surface area contributed by atoms with Gasteiger partial charge in [0.05, 0.1) is 25.9 Å². The van der Waals surface area contributed by atoms with Gasteiger partial charge in [0.25, 0.3) is 0 Å². The Hall–Kier alpha value is -0.760. The van der Waals surface area contributed by atoms with Gasteiger partial charge in [0.1, 0.15) is 85.5 Å². The lowest BCUT2D eigenvalue weighted by Gasteiger charge is -2.48. The van der Waals surface area contributed by atoms with E-state index >= 15 is 0 Å². The third-order valence-corrected chi connectivity index (χ3v) is 8.05. The van der Waals surface area contributed by atoms with Crippen molar-refractivity contribution >= 4 is 0 Å². The van der Waals surface area contributed by atoms with Gasteiger partial charge < -0.3 is 94.1 Å². The van der Waals surface area contributed by atoms with Crippen molar-refractivity contribution in [3.63, 3.8) is 0 Å². The molecule has 4 aliphatic heterocycles. The normalized spacial score (nSPS) is 53.1. The fraction of sp³-hybridized carbons (Fsp3) is 1.00. The summed E-state index contributed by atoms with van der Waals surface area (Å²) >= 11 is 0. The molecule has 0 aromatic carbocycles. The molecule has 0 spiro atoms. The molecular formula is C24H42O19. The van der Waals surface area contributed by atoms with E-state index < -0.39 is 137 Å². The monoisotopic (exact) mass is 634 g/mol. The highest BCUT2D eigenvalue weighted by atomic mass is 16.8. The smallest absolute Gasteiger partial charge is 0.187 e. The van der Waals surface area contributed by atoms with Gasteiger partial charge in [-0.1, -0.05) is 0 Å². The van der Waals surface area contributed by atoms with Gasteiger partial charge in [-0.25, -0.2) is 0 Å². The van der Waals surface area contributed by atoms with E-state index in [1.807, 2.05) is 0 Å². The van der Waals surface area contributed by atoms with Crippen molar-refractivity contribution in [1.82, 2.24) is 0 Å². The minimum absolute atomic E-state index is 0.478. The Kier molecular flexibility index (Phi) is 12.1. The summed E-state index contributed by atoms with van der Waals surface area (Å²) in [5, 5.41) is 113. The molecule has 4 rings (SSSR count). The van der Waals surface area contributed by atoms with Gasteiger partial charge in [0.15, 0.2) is 25.2 Å². The molecule has 0 bridgehead atoms. The average molecular weight is 635 g/mol. The highest BCUT2D eigenvalue weighted by Gasteiger charge is 2.53. The SMILES string of the molecule is CO[C@@H]1[C@@H](O)[C@H](O[C@@H]2[C@@H](O)[C@H](O[C@@H]3COC(O)[C@H](O[C@@H]4O[C@H](C)[C@@H](O)[C@H](O)[C@H]4O)[C@H]3O)O[C@H](CO)[C@H]2O)O[C@H](CO)[C@H]1O. The zero-order valence-corrected chi connectivity index (χ0v) is 23.3.